The monoisotopic (exact) mass is 350 g/mol. The second-order valence-electron chi connectivity index (χ2n) is 3.68. The Hall–Kier alpha value is -0.630. The number of thiophene rings is 1. The Labute approximate surface area is 111 Å². The van der Waals surface area contributed by atoms with E-state index >= 15 is 0 Å². The Morgan fingerprint density at radius 3 is 2.81 bits per heavy atom. The molecule has 1 aromatic heterocycles. The van der Waals surface area contributed by atoms with Gasteiger partial charge in [-0.2, -0.15) is 0 Å². The van der Waals surface area contributed by atoms with E-state index in [2.05, 4.69) is 22.6 Å². The Morgan fingerprint density at radius 2 is 2.25 bits per heavy atom. The first-order valence-corrected chi connectivity index (χ1v) is 6.81. The van der Waals surface area contributed by atoms with Crippen LogP contribution in [0, 0.1) is 2.88 Å². The molecule has 1 saturated heterocycles. The van der Waals surface area contributed by atoms with Crippen LogP contribution in [-0.4, -0.2) is 48.3 Å². The molecule has 2 heterocycles. The molecule has 1 aliphatic rings. The van der Waals surface area contributed by atoms with Gasteiger partial charge in [0.2, 0.25) is 5.91 Å². The van der Waals surface area contributed by atoms with Gasteiger partial charge >= 0.3 is 0 Å². The summed E-state index contributed by atoms with van der Waals surface area (Å²) in [4.78, 5) is 26.8. The first-order chi connectivity index (χ1) is 7.58. The summed E-state index contributed by atoms with van der Waals surface area (Å²) >= 11 is 3.73. The van der Waals surface area contributed by atoms with E-state index in [0.29, 0.717) is 18.7 Å². The van der Waals surface area contributed by atoms with Crippen LogP contribution in [0.1, 0.15) is 10.4 Å². The van der Waals surface area contributed by atoms with Crippen LogP contribution in [0.2, 0.25) is 0 Å². The standard InChI is InChI=1S/C10H11IN2O2S/c1-12-2-3-13(5-9(12)14)10(15)7-4-8(11)16-6-7/h4,6H,2-3,5H2,1H3. The van der Waals surface area contributed by atoms with Gasteiger partial charge in [-0.3, -0.25) is 9.59 Å². The van der Waals surface area contributed by atoms with Crippen LogP contribution < -0.4 is 0 Å². The Bertz CT molecular complexity index is 432. The molecule has 0 bridgehead atoms. The summed E-state index contributed by atoms with van der Waals surface area (Å²) in [5.41, 5.74) is 0.687. The minimum atomic E-state index is -0.0411. The average molecular weight is 350 g/mol. The summed E-state index contributed by atoms with van der Waals surface area (Å²) in [7, 11) is 1.76. The molecule has 2 rings (SSSR count). The van der Waals surface area contributed by atoms with E-state index in [1.54, 1.807) is 28.2 Å². The quantitative estimate of drug-likeness (QED) is 0.716. The van der Waals surface area contributed by atoms with Crippen molar-refractivity contribution in [1.82, 2.24) is 9.80 Å². The molecule has 0 N–H and O–H groups in total. The fraction of sp³-hybridized carbons (Fsp3) is 0.400. The van der Waals surface area contributed by atoms with E-state index in [9.17, 15) is 9.59 Å². The van der Waals surface area contributed by atoms with Crippen LogP contribution in [-0.2, 0) is 4.79 Å². The first kappa shape index (κ1) is 11.8. The van der Waals surface area contributed by atoms with E-state index in [0.717, 1.165) is 2.88 Å². The maximum atomic E-state index is 12.0. The molecule has 0 spiro atoms. The second kappa shape index (κ2) is 4.70. The van der Waals surface area contributed by atoms with Crippen molar-refractivity contribution in [2.24, 2.45) is 0 Å². The Morgan fingerprint density at radius 1 is 1.50 bits per heavy atom. The second-order valence-corrected chi connectivity index (χ2v) is 6.49. The van der Waals surface area contributed by atoms with E-state index < -0.39 is 0 Å². The van der Waals surface area contributed by atoms with Gasteiger partial charge in [0.1, 0.15) is 6.54 Å². The van der Waals surface area contributed by atoms with Crippen LogP contribution in [0.15, 0.2) is 11.4 Å². The highest BCUT2D eigenvalue weighted by Crippen LogP contribution is 2.18. The predicted molar refractivity (Wildman–Crippen MR) is 70.6 cm³/mol. The van der Waals surface area contributed by atoms with Crippen LogP contribution in [0.4, 0.5) is 0 Å². The van der Waals surface area contributed by atoms with Crippen LogP contribution in [0.5, 0.6) is 0 Å². The number of amides is 2. The minimum Gasteiger partial charge on any atom is -0.342 e. The lowest BCUT2D eigenvalue weighted by Crippen LogP contribution is -2.50. The largest absolute Gasteiger partial charge is 0.342 e. The number of rotatable bonds is 1. The molecule has 6 heteroatoms. The average Bonchev–Trinajstić information content (AvgIpc) is 2.68. The van der Waals surface area contributed by atoms with Crippen molar-refractivity contribution in [3.8, 4) is 0 Å². The lowest BCUT2D eigenvalue weighted by Gasteiger charge is -2.31. The van der Waals surface area contributed by atoms with Gasteiger partial charge in [-0.05, 0) is 28.7 Å². The fourth-order valence-corrected chi connectivity index (χ4v) is 2.86. The molecule has 0 atom stereocenters. The minimum absolute atomic E-state index is 0.00419. The maximum Gasteiger partial charge on any atom is 0.255 e. The molecule has 86 valence electrons. The summed E-state index contributed by atoms with van der Waals surface area (Å²) in [5.74, 6) is -0.0369. The molecule has 1 aliphatic heterocycles. The van der Waals surface area contributed by atoms with Gasteiger partial charge in [-0.1, -0.05) is 0 Å². The van der Waals surface area contributed by atoms with Crippen molar-refractivity contribution in [3.05, 3.63) is 19.9 Å². The molecule has 0 aromatic carbocycles. The van der Waals surface area contributed by atoms with Crippen molar-refractivity contribution in [1.29, 1.82) is 0 Å². The highest BCUT2D eigenvalue weighted by molar-refractivity contribution is 14.1. The third-order valence-electron chi connectivity index (χ3n) is 2.56. The third-order valence-corrected chi connectivity index (χ3v) is 4.35. The van der Waals surface area contributed by atoms with E-state index in [4.69, 9.17) is 0 Å². The third kappa shape index (κ3) is 2.37. The smallest absolute Gasteiger partial charge is 0.255 e. The molecule has 1 aromatic rings. The number of halogens is 1. The first-order valence-electron chi connectivity index (χ1n) is 4.85. The van der Waals surface area contributed by atoms with Crippen LogP contribution in [0.25, 0.3) is 0 Å². The molecule has 0 saturated carbocycles. The van der Waals surface area contributed by atoms with E-state index in [-0.39, 0.29) is 18.4 Å². The van der Waals surface area contributed by atoms with Gasteiger partial charge in [-0.15, -0.1) is 11.3 Å². The zero-order valence-electron chi connectivity index (χ0n) is 8.77. The number of carbonyl (C=O) groups excluding carboxylic acids is 2. The summed E-state index contributed by atoms with van der Waals surface area (Å²) in [5, 5.41) is 1.84. The number of likely N-dealkylation sites (N-methyl/N-ethyl adjacent to an activating group) is 1. The molecule has 0 unspecified atom stereocenters. The SMILES string of the molecule is CN1CCN(C(=O)c2csc(I)c2)CC1=O. The number of carbonyl (C=O) groups is 2. The number of hydrogen-bond acceptors (Lipinski definition) is 3. The molecule has 16 heavy (non-hydrogen) atoms. The zero-order valence-corrected chi connectivity index (χ0v) is 11.7. The van der Waals surface area contributed by atoms with E-state index in [1.165, 1.54) is 0 Å². The Balaban J connectivity index is 2.09. The lowest BCUT2D eigenvalue weighted by atomic mass is 10.2. The predicted octanol–water partition coefficient (Wildman–Crippen LogP) is 1.27. The lowest BCUT2D eigenvalue weighted by molar-refractivity contribution is -0.133. The Kier molecular flexibility index (Phi) is 3.48. The van der Waals surface area contributed by atoms with Gasteiger partial charge < -0.3 is 9.80 Å². The van der Waals surface area contributed by atoms with Crippen molar-refractivity contribution in [3.63, 3.8) is 0 Å². The van der Waals surface area contributed by atoms with Crippen LogP contribution >= 0.6 is 33.9 Å². The van der Waals surface area contributed by atoms with Crippen molar-refractivity contribution < 1.29 is 9.59 Å². The molecular formula is C10H11IN2O2S. The van der Waals surface area contributed by atoms with Crippen molar-refractivity contribution in [2.45, 2.75) is 0 Å². The van der Waals surface area contributed by atoms with Crippen molar-refractivity contribution >= 4 is 45.7 Å². The molecule has 4 nitrogen and oxygen atoms in total. The topological polar surface area (TPSA) is 40.6 Å². The summed E-state index contributed by atoms with van der Waals surface area (Å²) in [6.45, 7) is 1.43. The maximum absolute atomic E-state index is 12.0. The molecule has 0 radical (unpaired) electrons. The fourth-order valence-electron chi connectivity index (χ4n) is 1.54. The molecule has 1 fully saturated rings. The van der Waals surface area contributed by atoms with Gasteiger partial charge in [0.15, 0.2) is 0 Å². The highest BCUT2D eigenvalue weighted by atomic mass is 127. The van der Waals surface area contributed by atoms with Gasteiger partial charge in [0.05, 0.1) is 8.45 Å². The van der Waals surface area contributed by atoms with E-state index in [1.807, 2.05) is 11.4 Å². The highest BCUT2D eigenvalue weighted by Gasteiger charge is 2.25. The van der Waals surface area contributed by atoms with Gasteiger partial charge in [0, 0.05) is 25.5 Å². The van der Waals surface area contributed by atoms with Crippen molar-refractivity contribution in [2.75, 3.05) is 26.7 Å². The van der Waals surface area contributed by atoms with Gasteiger partial charge in [-0.25, -0.2) is 0 Å². The molecule has 0 aliphatic carbocycles. The summed E-state index contributed by atoms with van der Waals surface area (Å²) in [6.07, 6.45) is 0. The zero-order chi connectivity index (χ0) is 11.7. The summed E-state index contributed by atoms with van der Waals surface area (Å²) < 4.78 is 1.08. The number of nitrogens with zero attached hydrogens (tertiary/aromatic N) is 2. The summed E-state index contributed by atoms with van der Waals surface area (Å²) in [6, 6.07) is 1.86. The molecule has 2 amide bonds. The number of hydrogen-bond donors (Lipinski definition) is 0. The van der Waals surface area contributed by atoms with Gasteiger partial charge in [0.25, 0.3) is 5.91 Å². The molecular weight excluding hydrogens is 339 g/mol. The number of piperazine rings is 1. The normalized spacial score (nSPS) is 16.8. The van der Waals surface area contributed by atoms with Crippen LogP contribution in [0.3, 0.4) is 0 Å².